The average molecular weight is 322 g/mol. The number of quaternary nitrogens is 1. The van der Waals surface area contributed by atoms with Gasteiger partial charge in [-0.1, -0.05) is 36.4 Å². The molecule has 0 heterocycles. The van der Waals surface area contributed by atoms with Gasteiger partial charge in [0.1, 0.15) is 17.9 Å². The van der Waals surface area contributed by atoms with Crippen molar-refractivity contribution in [2.24, 2.45) is 0 Å². The van der Waals surface area contributed by atoms with E-state index in [9.17, 15) is 10.2 Å². The maximum Gasteiger partial charge on any atom is 0.130 e. The van der Waals surface area contributed by atoms with Gasteiger partial charge in [-0.15, -0.1) is 0 Å². The van der Waals surface area contributed by atoms with Crippen LogP contribution in [0.1, 0.15) is 29.7 Å². The summed E-state index contributed by atoms with van der Waals surface area (Å²) in [6.45, 7) is 4.81. The Hall–Kier alpha value is -1.55. The van der Waals surface area contributed by atoms with Crippen LogP contribution in [0.2, 0.25) is 0 Å². The molecule has 0 aromatic heterocycles. The first-order chi connectivity index (χ1) is 10.1. The Morgan fingerprint density at radius 2 is 1.77 bits per heavy atom. The van der Waals surface area contributed by atoms with Crippen molar-refractivity contribution in [1.82, 2.24) is 0 Å². The fourth-order valence-corrected chi connectivity index (χ4v) is 2.45. The highest BCUT2D eigenvalue weighted by atomic mass is 35.5. The second-order valence-electron chi connectivity index (χ2n) is 5.61. The zero-order valence-electron chi connectivity index (χ0n) is 13.0. The SMILES string of the molecule is Cc1cc(C(O)C(C)[NH2+]CCc2ccccc2)ccc1O.[Cl-]. The summed E-state index contributed by atoms with van der Waals surface area (Å²) in [5.41, 5.74) is 2.97. The summed E-state index contributed by atoms with van der Waals surface area (Å²) in [6.07, 6.45) is 0.465. The van der Waals surface area contributed by atoms with Crippen LogP contribution in [-0.2, 0) is 6.42 Å². The summed E-state index contributed by atoms with van der Waals surface area (Å²) in [5.74, 6) is 0.270. The lowest BCUT2D eigenvalue weighted by Crippen LogP contribution is -3.00. The van der Waals surface area contributed by atoms with Crippen LogP contribution in [0, 0.1) is 6.92 Å². The molecule has 2 unspecified atom stereocenters. The lowest BCUT2D eigenvalue weighted by molar-refractivity contribution is -0.694. The summed E-state index contributed by atoms with van der Waals surface area (Å²) in [6, 6.07) is 15.7. The molecule has 3 nitrogen and oxygen atoms in total. The fraction of sp³-hybridized carbons (Fsp3) is 0.333. The topological polar surface area (TPSA) is 57.1 Å². The number of hydrogen-bond donors (Lipinski definition) is 3. The van der Waals surface area contributed by atoms with E-state index >= 15 is 0 Å². The Labute approximate surface area is 138 Å². The highest BCUT2D eigenvalue weighted by Crippen LogP contribution is 2.22. The summed E-state index contributed by atoms with van der Waals surface area (Å²) >= 11 is 0. The number of rotatable bonds is 6. The van der Waals surface area contributed by atoms with Crippen molar-refractivity contribution in [3.63, 3.8) is 0 Å². The monoisotopic (exact) mass is 321 g/mol. The Bertz CT molecular complexity index is 575. The zero-order chi connectivity index (χ0) is 15.2. The maximum absolute atomic E-state index is 10.4. The normalized spacial score (nSPS) is 13.2. The predicted molar refractivity (Wildman–Crippen MR) is 84.2 cm³/mol. The van der Waals surface area contributed by atoms with Crippen LogP contribution in [0.15, 0.2) is 48.5 Å². The molecule has 0 bridgehead atoms. The Morgan fingerprint density at radius 3 is 2.41 bits per heavy atom. The van der Waals surface area contributed by atoms with E-state index in [1.807, 2.05) is 38.1 Å². The van der Waals surface area contributed by atoms with Gasteiger partial charge in [0.15, 0.2) is 0 Å². The molecule has 0 spiro atoms. The molecule has 0 radical (unpaired) electrons. The van der Waals surface area contributed by atoms with Gasteiger partial charge in [-0.2, -0.15) is 0 Å². The van der Waals surface area contributed by atoms with Gasteiger partial charge in [-0.3, -0.25) is 0 Å². The molecule has 0 amide bonds. The number of nitrogens with two attached hydrogens (primary N) is 1. The highest BCUT2D eigenvalue weighted by Gasteiger charge is 2.19. The van der Waals surface area contributed by atoms with Gasteiger partial charge >= 0.3 is 0 Å². The number of phenols is 1. The van der Waals surface area contributed by atoms with Gasteiger partial charge in [0.2, 0.25) is 0 Å². The van der Waals surface area contributed by atoms with Crippen molar-refractivity contribution >= 4 is 0 Å². The van der Waals surface area contributed by atoms with E-state index in [1.165, 1.54) is 5.56 Å². The van der Waals surface area contributed by atoms with E-state index in [0.717, 1.165) is 24.1 Å². The number of halogens is 1. The van der Waals surface area contributed by atoms with E-state index in [1.54, 1.807) is 12.1 Å². The van der Waals surface area contributed by atoms with Crippen LogP contribution < -0.4 is 17.7 Å². The van der Waals surface area contributed by atoms with Crippen LogP contribution in [0.5, 0.6) is 5.75 Å². The number of aliphatic hydroxyl groups excluding tert-OH is 1. The molecule has 22 heavy (non-hydrogen) atoms. The molecule has 0 saturated heterocycles. The van der Waals surface area contributed by atoms with E-state index in [0.29, 0.717) is 0 Å². The Morgan fingerprint density at radius 1 is 1.09 bits per heavy atom. The first-order valence-corrected chi connectivity index (χ1v) is 7.43. The smallest absolute Gasteiger partial charge is 0.130 e. The lowest BCUT2D eigenvalue weighted by atomic mass is 10.0. The first kappa shape index (κ1) is 18.5. The Kier molecular flexibility index (Phi) is 7.39. The molecule has 0 aliphatic carbocycles. The van der Waals surface area contributed by atoms with Crippen LogP contribution in [0.25, 0.3) is 0 Å². The van der Waals surface area contributed by atoms with Gasteiger partial charge in [-0.05, 0) is 42.7 Å². The third kappa shape index (κ3) is 5.02. The minimum atomic E-state index is -0.528. The van der Waals surface area contributed by atoms with E-state index < -0.39 is 6.10 Å². The van der Waals surface area contributed by atoms with Gasteiger partial charge in [0, 0.05) is 6.42 Å². The van der Waals surface area contributed by atoms with E-state index in [2.05, 4.69) is 17.4 Å². The van der Waals surface area contributed by atoms with E-state index in [4.69, 9.17) is 0 Å². The predicted octanol–water partition coefficient (Wildman–Crippen LogP) is -1.07. The standard InChI is InChI=1S/C18H23NO2.ClH/c1-13-12-16(8-9-17(13)20)18(21)14(2)19-11-10-15-6-4-3-5-7-15;/h3-9,12,14,18-21H,10-11H2,1-2H3;1H. The van der Waals surface area contributed by atoms with Crippen molar-refractivity contribution in [2.45, 2.75) is 32.4 Å². The molecule has 4 N–H and O–H groups in total. The molecule has 0 fully saturated rings. The molecule has 2 rings (SSSR count). The molecule has 4 heteroatoms. The minimum absolute atomic E-state index is 0. The van der Waals surface area contributed by atoms with E-state index in [-0.39, 0.29) is 24.2 Å². The van der Waals surface area contributed by atoms with Crippen LogP contribution in [0.4, 0.5) is 0 Å². The van der Waals surface area contributed by atoms with Gasteiger partial charge < -0.3 is 27.9 Å². The van der Waals surface area contributed by atoms with Crippen LogP contribution in [-0.4, -0.2) is 22.8 Å². The molecule has 0 aliphatic rings. The molecular formula is C18H24ClNO2. The molecule has 120 valence electrons. The summed E-state index contributed by atoms with van der Waals surface area (Å²) in [5, 5.41) is 22.1. The highest BCUT2D eigenvalue weighted by molar-refractivity contribution is 5.36. The Balaban J connectivity index is 0.00000242. The van der Waals surface area contributed by atoms with Crippen molar-refractivity contribution in [3.05, 3.63) is 65.2 Å². The second kappa shape index (κ2) is 8.79. The number of aliphatic hydroxyl groups is 1. The number of phenolic OH excluding ortho intramolecular Hbond substituents is 1. The van der Waals surface area contributed by atoms with Gasteiger partial charge in [0.25, 0.3) is 0 Å². The summed E-state index contributed by atoms with van der Waals surface area (Å²) in [4.78, 5) is 0. The molecule has 2 atom stereocenters. The van der Waals surface area contributed by atoms with Crippen LogP contribution in [0.3, 0.4) is 0 Å². The first-order valence-electron chi connectivity index (χ1n) is 7.43. The van der Waals surface area contributed by atoms with Crippen molar-refractivity contribution in [2.75, 3.05) is 6.54 Å². The number of hydrogen-bond acceptors (Lipinski definition) is 2. The largest absolute Gasteiger partial charge is 1.00 e. The number of aromatic hydroxyl groups is 1. The minimum Gasteiger partial charge on any atom is -1.00 e. The molecular weight excluding hydrogens is 298 g/mol. The third-order valence-electron chi connectivity index (χ3n) is 3.87. The molecule has 0 saturated carbocycles. The fourth-order valence-electron chi connectivity index (χ4n) is 2.45. The lowest BCUT2D eigenvalue weighted by Gasteiger charge is -2.18. The average Bonchev–Trinajstić information content (AvgIpc) is 2.50. The van der Waals surface area contributed by atoms with Gasteiger partial charge in [-0.25, -0.2) is 0 Å². The number of benzene rings is 2. The molecule has 2 aromatic rings. The summed E-state index contributed by atoms with van der Waals surface area (Å²) in [7, 11) is 0. The molecule has 2 aromatic carbocycles. The zero-order valence-corrected chi connectivity index (χ0v) is 13.8. The summed E-state index contributed by atoms with van der Waals surface area (Å²) < 4.78 is 0. The maximum atomic E-state index is 10.4. The number of aryl methyl sites for hydroxylation is 1. The van der Waals surface area contributed by atoms with Gasteiger partial charge in [0.05, 0.1) is 6.54 Å². The van der Waals surface area contributed by atoms with Crippen molar-refractivity contribution in [3.8, 4) is 5.75 Å². The second-order valence-corrected chi connectivity index (χ2v) is 5.61. The van der Waals surface area contributed by atoms with Crippen molar-refractivity contribution < 1.29 is 27.9 Å². The molecule has 0 aliphatic heterocycles. The quantitative estimate of drug-likeness (QED) is 0.635. The van der Waals surface area contributed by atoms with Crippen molar-refractivity contribution in [1.29, 1.82) is 0 Å². The third-order valence-corrected chi connectivity index (χ3v) is 3.87. The van der Waals surface area contributed by atoms with Crippen LogP contribution >= 0.6 is 0 Å².